The van der Waals surface area contributed by atoms with E-state index < -0.39 is 39.7 Å². The average molecular weight is 472 g/mol. The van der Waals surface area contributed by atoms with E-state index in [0.717, 1.165) is 0 Å². The summed E-state index contributed by atoms with van der Waals surface area (Å²) in [5, 5.41) is 0. The summed E-state index contributed by atoms with van der Waals surface area (Å²) in [7, 11) is -3.80. The Balaban J connectivity index is 2.20. The molecule has 0 unspecified atom stereocenters. The molecular weight excluding hydrogens is 446 g/mol. The Bertz CT molecular complexity index is 1240. The molecule has 0 aliphatic heterocycles. The largest absolute Gasteiger partial charge is 0.482 e. The number of carbonyl (C=O) groups is 2. The van der Waals surface area contributed by atoms with Crippen LogP contribution in [0.3, 0.4) is 0 Å². The van der Waals surface area contributed by atoms with Crippen LogP contribution in [0.5, 0.6) is 5.75 Å². The van der Waals surface area contributed by atoms with Crippen LogP contribution in [0.15, 0.2) is 70.4 Å². The fraction of sp³-hybridized carbons (Fsp3) is 0.250. The fourth-order valence-corrected chi connectivity index (χ4v) is 4.54. The molecule has 174 valence electrons. The van der Waals surface area contributed by atoms with Gasteiger partial charge in [-0.15, -0.1) is 0 Å². The quantitative estimate of drug-likeness (QED) is 0.496. The molecule has 1 aromatic heterocycles. The SMILES string of the molecule is CC(C)(C)OC(=O)c1c(CS(=O)(=O)c2ccccc2)ccc(-c2ccoc2)c1OCC(N)=O. The van der Waals surface area contributed by atoms with Crippen molar-refractivity contribution in [2.75, 3.05) is 6.61 Å². The van der Waals surface area contributed by atoms with Gasteiger partial charge in [-0.3, -0.25) is 4.79 Å². The number of furan rings is 1. The lowest BCUT2D eigenvalue weighted by Crippen LogP contribution is -2.26. The van der Waals surface area contributed by atoms with Crippen LogP contribution in [0.25, 0.3) is 11.1 Å². The molecule has 33 heavy (non-hydrogen) atoms. The zero-order chi connectivity index (χ0) is 24.2. The Labute approximate surface area is 192 Å². The highest BCUT2D eigenvalue weighted by Gasteiger charge is 2.29. The third-order valence-corrected chi connectivity index (χ3v) is 6.17. The summed E-state index contributed by atoms with van der Waals surface area (Å²) < 4.78 is 42.5. The van der Waals surface area contributed by atoms with Gasteiger partial charge < -0.3 is 19.6 Å². The van der Waals surface area contributed by atoms with Crippen LogP contribution in [0.2, 0.25) is 0 Å². The minimum atomic E-state index is -3.80. The summed E-state index contributed by atoms with van der Waals surface area (Å²) in [6, 6.07) is 12.7. The number of hydrogen-bond acceptors (Lipinski definition) is 7. The van der Waals surface area contributed by atoms with Crippen LogP contribution in [-0.4, -0.2) is 32.5 Å². The maximum atomic E-state index is 13.3. The lowest BCUT2D eigenvalue weighted by Gasteiger charge is -2.23. The van der Waals surface area contributed by atoms with Crippen molar-refractivity contribution < 1.29 is 31.9 Å². The van der Waals surface area contributed by atoms with E-state index >= 15 is 0 Å². The summed E-state index contributed by atoms with van der Waals surface area (Å²) >= 11 is 0. The van der Waals surface area contributed by atoms with E-state index in [2.05, 4.69) is 0 Å². The molecule has 2 aromatic carbocycles. The molecule has 0 saturated heterocycles. The molecule has 0 aliphatic carbocycles. The number of benzene rings is 2. The molecule has 0 saturated carbocycles. The summed E-state index contributed by atoms with van der Waals surface area (Å²) in [5.41, 5.74) is 5.46. The van der Waals surface area contributed by atoms with Crippen LogP contribution in [-0.2, 0) is 25.1 Å². The van der Waals surface area contributed by atoms with Crippen LogP contribution in [0, 0.1) is 0 Å². The zero-order valence-electron chi connectivity index (χ0n) is 18.5. The molecule has 0 aliphatic rings. The first-order valence-corrected chi connectivity index (χ1v) is 11.7. The highest BCUT2D eigenvalue weighted by molar-refractivity contribution is 7.90. The number of primary amides is 1. The van der Waals surface area contributed by atoms with Crippen molar-refractivity contribution in [3.05, 3.63) is 72.2 Å². The summed E-state index contributed by atoms with van der Waals surface area (Å²) in [6.45, 7) is 4.55. The second kappa shape index (κ2) is 9.50. The Morgan fingerprint density at radius 3 is 2.30 bits per heavy atom. The van der Waals surface area contributed by atoms with Crippen LogP contribution in [0.1, 0.15) is 36.7 Å². The topological polar surface area (TPSA) is 126 Å². The molecule has 0 radical (unpaired) electrons. The van der Waals surface area contributed by atoms with Crippen LogP contribution >= 0.6 is 0 Å². The van der Waals surface area contributed by atoms with Gasteiger partial charge in [0.05, 0.1) is 23.2 Å². The zero-order valence-corrected chi connectivity index (χ0v) is 19.3. The highest BCUT2D eigenvalue weighted by Crippen LogP contribution is 2.38. The first-order chi connectivity index (χ1) is 15.5. The van der Waals surface area contributed by atoms with Crippen LogP contribution in [0.4, 0.5) is 0 Å². The predicted octanol–water partition coefficient (Wildman–Crippen LogP) is 3.74. The smallest absolute Gasteiger partial charge is 0.342 e. The Morgan fingerprint density at radius 1 is 1.03 bits per heavy atom. The molecule has 3 rings (SSSR count). The predicted molar refractivity (Wildman–Crippen MR) is 121 cm³/mol. The van der Waals surface area contributed by atoms with E-state index in [1.807, 2.05) is 0 Å². The summed E-state index contributed by atoms with van der Waals surface area (Å²) in [5.74, 6) is -2.04. The van der Waals surface area contributed by atoms with Gasteiger partial charge in [-0.1, -0.05) is 30.3 Å². The van der Waals surface area contributed by atoms with Crippen molar-refractivity contribution in [2.45, 2.75) is 37.0 Å². The Morgan fingerprint density at radius 2 is 1.73 bits per heavy atom. The standard InChI is InChI=1S/C24H25NO7S/c1-24(2,3)32-23(27)21-17(15-33(28,29)18-7-5-4-6-8-18)9-10-19(16-11-12-30-13-16)22(21)31-14-20(25)26/h4-13H,14-15H2,1-3H3,(H2,25,26). The number of rotatable bonds is 8. The van der Waals surface area contributed by atoms with Crippen molar-refractivity contribution >= 4 is 21.7 Å². The molecule has 9 heteroatoms. The van der Waals surface area contributed by atoms with E-state index in [-0.39, 0.29) is 21.8 Å². The maximum absolute atomic E-state index is 13.3. The molecule has 1 heterocycles. The molecule has 8 nitrogen and oxygen atoms in total. The maximum Gasteiger partial charge on any atom is 0.342 e. The molecule has 1 amide bonds. The fourth-order valence-electron chi connectivity index (χ4n) is 3.15. The van der Waals surface area contributed by atoms with Gasteiger partial charge in [-0.05, 0) is 44.5 Å². The lowest BCUT2D eigenvalue weighted by molar-refractivity contribution is -0.119. The molecule has 0 fully saturated rings. The number of esters is 1. The molecule has 0 bridgehead atoms. The van der Waals surface area contributed by atoms with E-state index in [9.17, 15) is 18.0 Å². The first kappa shape index (κ1) is 24.1. The van der Waals surface area contributed by atoms with Gasteiger partial charge in [-0.2, -0.15) is 0 Å². The number of amides is 1. The van der Waals surface area contributed by atoms with Crippen molar-refractivity contribution in [1.82, 2.24) is 0 Å². The second-order valence-corrected chi connectivity index (χ2v) is 10.3. The molecule has 3 aromatic rings. The number of carbonyl (C=O) groups excluding carboxylic acids is 2. The Hall–Kier alpha value is -3.59. The highest BCUT2D eigenvalue weighted by atomic mass is 32.2. The van der Waals surface area contributed by atoms with Crippen molar-refractivity contribution in [3.63, 3.8) is 0 Å². The van der Waals surface area contributed by atoms with E-state index in [1.54, 1.807) is 51.1 Å². The van der Waals surface area contributed by atoms with Gasteiger partial charge in [0.1, 0.15) is 16.9 Å². The van der Waals surface area contributed by atoms with E-state index in [1.165, 1.54) is 30.7 Å². The van der Waals surface area contributed by atoms with Gasteiger partial charge in [0.15, 0.2) is 16.4 Å². The van der Waals surface area contributed by atoms with Gasteiger partial charge in [0.25, 0.3) is 5.91 Å². The minimum absolute atomic E-state index is 0.00906. The number of nitrogens with two attached hydrogens (primary N) is 1. The number of sulfone groups is 1. The van der Waals surface area contributed by atoms with Crippen molar-refractivity contribution in [2.24, 2.45) is 5.73 Å². The van der Waals surface area contributed by atoms with E-state index in [4.69, 9.17) is 19.6 Å². The number of hydrogen-bond donors (Lipinski definition) is 1. The lowest BCUT2D eigenvalue weighted by atomic mass is 9.99. The average Bonchev–Trinajstić information content (AvgIpc) is 3.25. The second-order valence-electron chi connectivity index (χ2n) is 8.32. The normalized spacial score (nSPS) is 11.7. The third kappa shape index (κ3) is 6.01. The number of ether oxygens (including phenoxy) is 2. The minimum Gasteiger partial charge on any atom is -0.482 e. The van der Waals surface area contributed by atoms with Crippen molar-refractivity contribution in [3.8, 4) is 16.9 Å². The molecule has 0 spiro atoms. The van der Waals surface area contributed by atoms with Crippen molar-refractivity contribution in [1.29, 1.82) is 0 Å². The summed E-state index contributed by atoms with van der Waals surface area (Å²) in [6.07, 6.45) is 2.87. The van der Waals surface area contributed by atoms with Gasteiger partial charge in [-0.25, -0.2) is 13.2 Å². The molecule has 2 N–H and O–H groups in total. The summed E-state index contributed by atoms with van der Waals surface area (Å²) in [4.78, 5) is 24.8. The van der Waals surface area contributed by atoms with Gasteiger partial charge in [0.2, 0.25) is 0 Å². The molecular formula is C24H25NO7S. The molecule has 0 atom stereocenters. The third-order valence-electron chi connectivity index (χ3n) is 4.49. The Kier molecular flexibility index (Phi) is 6.92. The van der Waals surface area contributed by atoms with Gasteiger partial charge >= 0.3 is 5.97 Å². The van der Waals surface area contributed by atoms with Gasteiger partial charge in [0, 0.05) is 11.1 Å². The van der Waals surface area contributed by atoms with E-state index in [0.29, 0.717) is 11.1 Å². The first-order valence-electron chi connectivity index (χ1n) is 10.1. The van der Waals surface area contributed by atoms with Crippen LogP contribution < -0.4 is 10.5 Å². The monoisotopic (exact) mass is 471 g/mol.